The van der Waals surface area contributed by atoms with E-state index in [0.29, 0.717) is 0 Å². The molecule has 8 heteroatoms. The smallest absolute Gasteiger partial charge is 0.310 e. The van der Waals surface area contributed by atoms with Gasteiger partial charge in [-0.25, -0.2) is 4.98 Å². The summed E-state index contributed by atoms with van der Waals surface area (Å²) in [5, 5.41) is 11.9. The molecule has 0 N–H and O–H groups in total. The maximum atomic E-state index is 10.8. The number of carbonyl (C=O) groups is 1. The highest BCUT2D eigenvalue weighted by atomic mass is 79.9. The Morgan fingerprint density at radius 3 is 1.76 bits per heavy atom. The van der Waals surface area contributed by atoms with Crippen molar-refractivity contribution >= 4 is 54.2 Å². The van der Waals surface area contributed by atoms with Crippen LogP contribution in [-0.2, 0) is 0 Å². The van der Waals surface area contributed by atoms with Crippen LogP contribution in [0.25, 0.3) is 44.4 Å². The minimum atomic E-state index is -0.451. The molecule has 0 amide bonds. The fraction of sp³-hybridized carbons (Fsp3) is 0.0476. The van der Waals surface area contributed by atoms with Gasteiger partial charge in [-0.05, 0) is 83.8 Å². The lowest BCUT2D eigenvalue weighted by molar-refractivity contribution is -0.385. The van der Waals surface area contributed by atoms with Crippen LogP contribution in [0.3, 0.4) is 0 Å². The predicted octanol–water partition coefficient (Wildman–Crippen LogP) is 12.3. The summed E-state index contributed by atoms with van der Waals surface area (Å²) in [6, 6.07) is 51.2. The molecule has 6 nitrogen and oxygen atoms in total. The fourth-order valence-corrected chi connectivity index (χ4v) is 5.89. The SMILES string of the molecule is Brc1cccc(-c2ccc3cc(-c4ccccc4)ccc3n2)c1.CC(=O)c1cccc(Br)c1.COc1cc(-c2ccccc2)ccc1[N+](=O)[O-]. The summed E-state index contributed by atoms with van der Waals surface area (Å²) in [6.45, 7) is 1.56. The molecule has 1 aromatic heterocycles. The molecule has 0 saturated heterocycles. The van der Waals surface area contributed by atoms with E-state index in [4.69, 9.17) is 9.72 Å². The number of nitro benzene ring substituents is 1. The zero-order valence-corrected chi connectivity index (χ0v) is 30.5. The number of rotatable bonds is 6. The number of hydrogen-bond acceptors (Lipinski definition) is 5. The Morgan fingerprint density at radius 2 is 1.20 bits per heavy atom. The van der Waals surface area contributed by atoms with E-state index in [-0.39, 0.29) is 17.2 Å². The Kier molecular flexibility index (Phi) is 12.4. The molecule has 1 heterocycles. The molecule has 0 saturated carbocycles. The van der Waals surface area contributed by atoms with Crippen molar-refractivity contribution in [2.45, 2.75) is 6.92 Å². The first-order valence-corrected chi connectivity index (χ1v) is 17.2. The molecule has 6 aromatic carbocycles. The molecular weight excluding hydrogens is 756 g/mol. The highest BCUT2D eigenvalue weighted by molar-refractivity contribution is 9.10. The number of Topliss-reactive ketones (excluding diaryl/α,β-unsaturated/α-hetero) is 1. The number of nitrogens with zero attached hydrogens (tertiary/aromatic N) is 2. The van der Waals surface area contributed by atoms with Crippen molar-refractivity contribution in [3.05, 3.63) is 182 Å². The molecule has 248 valence electrons. The summed E-state index contributed by atoms with van der Waals surface area (Å²) in [4.78, 5) is 25.9. The lowest BCUT2D eigenvalue weighted by Gasteiger charge is -2.06. The lowest BCUT2D eigenvalue weighted by atomic mass is 10.0. The average molecular weight is 789 g/mol. The maximum absolute atomic E-state index is 10.8. The number of halogens is 2. The number of ether oxygens (including phenoxy) is 1. The van der Waals surface area contributed by atoms with E-state index < -0.39 is 4.92 Å². The molecule has 0 fully saturated rings. The van der Waals surface area contributed by atoms with Gasteiger partial charge in [0, 0.05) is 31.5 Å². The van der Waals surface area contributed by atoms with Crippen LogP contribution in [0.2, 0.25) is 0 Å². The molecule has 0 unspecified atom stereocenters. The first kappa shape index (κ1) is 35.9. The monoisotopic (exact) mass is 786 g/mol. The molecule has 0 atom stereocenters. The first-order chi connectivity index (χ1) is 24.2. The Bertz CT molecular complexity index is 2240. The number of fused-ring (bicyclic) bond motifs is 1. The van der Waals surface area contributed by atoms with Crippen LogP contribution < -0.4 is 4.74 Å². The van der Waals surface area contributed by atoms with Crippen molar-refractivity contribution in [1.29, 1.82) is 0 Å². The highest BCUT2D eigenvalue weighted by Crippen LogP contribution is 2.32. The van der Waals surface area contributed by atoms with Gasteiger partial charge in [0.1, 0.15) is 0 Å². The number of aromatic nitrogens is 1. The molecule has 0 aliphatic rings. The van der Waals surface area contributed by atoms with Crippen LogP contribution in [0, 0.1) is 10.1 Å². The third kappa shape index (κ3) is 9.59. The van der Waals surface area contributed by atoms with E-state index in [2.05, 4.69) is 98.6 Å². The van der Waals surface area contributed by atoms with Crippen molar-refractivity contribution in [2.24, 2.45) is 0 Å². The number of hydrogen-bond donors (Lipinski definition) is 0. The van der Waals surface area contributed by atoms with E-state index in [9.17, 15) is 14.9 Å². The lowest BCUT2D eigenvalue weighted by Crippen LogP contribution is -1.93. The molecule has 7 aromatic rings. The van der Waals surface area contributed by atoms with Crippen molar-refractivity contribution in [1.82, 2.24) is 4.98 Å². The number of carbonyl (C=O) groups excluding carboxylic acids is 1. The average Bonchev–Trinajstić information content (AvgIpc) is 3.15. The van der Waals surface area contributed by atoms with Crippen LogP contribution in [-0.4, -0.2) is 22.8 Å². The zero-order chi connectivity index (χ0) is 35.5. The molecule has 7 rings (SSSR count). The van der Waals surface area contributed by atoms with E-state index >= 15 is 0 Å². The van der Waals surface area contributed by atoms with Gasteiger partial charge in [0.25, 0.3) is 0 Å². The summed E-state index contributed by atoms with van der Waals surface area (Å²) < 4.78 is 7.04. The van der Waals surface area contributed by atoms with Gasteiger partial charge < -0.3 is 4.74 Å². The number of methoxy groups -OCH3 is 1. The predicted molar refractivity (Wildman–Crippen MR) is 210 cm³/mol. The second-order valence-electron chi connectivity index (χ2n) is 11.1. The van der Waals surface area contributed by atoms with Crippen molar-refractivity contribution in [3.63, 3.8) is 0 Å². The minimum Gasteiger partial charge on any atom is -0.490 e. The molecule has 50 heavy (non-hydrogen) atoms. The molecule has 0 aliphatic carbocycles. The third-order valence-corrected chi connectivity index (χ3v) is 8.62. The van der Waals surface area contributed by atoms with Crippen LogP contribution in [0.5, 0.6) is 5.75 Å². The standard InChI is InChI=1S/C21H14BrN.C13H11NO3.C8H7BrO/c22-19-8-4-7-17(14-19)20-12-10-18-13-16(9-11-21(18)23-20)15-5-2-1-3-6-15;1-17-13-9-11(7-8-12(13)14(15)16)10-5-3-2-4-6-10;1-6(10)7-3-2-4-8(9)5-7/h1-14H;2-9H,1H3;2-5H,1H3. The normalized spacial score (nSPS) is 10.2. The van der Waals surface area contributed by atoms with Crippen LogP contribution in [0.4, 0.5) is 5.69 Å². The van der Waals surface area contributed by atoms with Gasteiger partial charge in [0.2, 0.25) is 0 Å². The second-order valence-corrected chi connectivity index (χ2v) is 12.9. The number of ketones is 1. The molecule has 0 radical (unpaired) electrons. The van der Waals surface area contributed by atoms with Gasteiger partial charge in [-0.3, -0.25) is 14.9 Å². The number of pyridine rings is 1. The third-order valence-electron chi connectivity index (χ3n) is 7.63. The Balaban J connectivity index is 0.000000158. The summed E-state index contributed by atoms with van der Waals surface area (Å²) in [6.07, 6.45) is 0. The van der Waals surface area contributed by atoms with Gasteiger partial charge in [-0.1, -0.05) is 129 Å². The molecular formula is C42H32Br2N2O4. The number of nitro groups is 1. The van der Waals surface area contributed by atoms with E-state index in [1.165, 1.54) is 24.3 Å². The Hall–Kier alpha value is -5.44. The topological polar surface area (TPSA) is 82.3 Å². The minimum absolute atomic E-state index is 0.0211. The van der Waals surface area contributed by atoms with Crippen LogP contribution in [0.15, 0.2) is 167 Å². The highest BCUT2D eigenvalue weighted by Gasteiger charge is 2.15. The Labute approximate surface area is 307 Å². The summed E-state index contributed by atoms with van der Waals surface area (Å²) in [5.41, 5.74) is 8.19. The summed E-state index contributed by atoms with van der Waals surface area (Å²) >= 11 is 6.79. The van der Waals surface area contributed by atoms with Crippen LogP contribution >= 0.6 is 31.9 Å². The van der Waals surface area contributed by atoms with Gasteiger partial charge in [-0.2, -0.15) is 0 Å². The molecule has 0 bridgehead atoms. The van der Waals surface area contributed by atoms with Crippen molar-refractivity contribution in [2.75, 3.05) is 7.11 Å². The molecule has 0 aliphatic heterocycles. The van der Waals surface area contributed by atoms with Crippen molar-refractivity contribution in [3.8, 4) is 39.3 Å². The zero-order valence-electron chi connectivity index (χ0n) is 27.3. The van der Waals surface area contributed by atoms with Gasteiger partial charge in [0.05, 0.1) is 23.2 Å². The summed E-state index contributed by atoms with van der Waals surface area (Å²) in [7, 11) is 1.43. The largest absolute Gasteiger partial charge is 0.490 e. The fourth-order valence-electron chi connectivity index (χ4n) is 5.09. The quantitative estimate of drug-likeness (QED) is 0.0952. The van der Waals surface area contributed by atoms with E-state index in [1.54, 1.807) is 25.1 Å². The van der Waals surface area contributed by atoms with E-state index in [0.717, 1.165) is 47.8 Å². The maximum Gasteiger partial charge on any atom is 0.310 e. The van der Waals surface area contributed by atoms with Gasteiger partial charge in [-0.15, -0.1) is 0 Å². The van der Waals surface area contributed by atoms with Crippen molar-refractivity contribution < 1.29 is 14.5 Å². The van der Waals surface area contributed by atoms with E-state index in [1.807, 2.05) is 66.7 Å². The Morgan fingerprint density at radius 1 is 0.620 bits per heavy atom. The number of benzene rings is 6. The van der Waals surface area contributed by atoms with Gasteiger partial charge >= 0.3 is 5.69 Å². The molecule has 0 spiro atoms. The second kappa shape index (κ2) is 17.3. The first-order valence-electron chi connectivity index (χ1n) is 15.6. The van der Waals surface area contributed by atoms with Crippen LogP contribution in [0.1, 0.15) is 17.3 Å². The van der Waals surface area contributed by atoms with Gasteiger partial charge in [0.15, 0.2) is 11.5 Å². The summed E-state index contributed by atoms with van der Waals surface area (Å²) in [5.74, 6) is 0.373.